The maximum Gasteiger partial charge on any atom is 0.200 e. The zero-order valence-electron chi connectivity index (χ0n) is 10.1. The Kier molecular flexibility index (Phi) is 5.17. The molecule has 0 atom stereocenters. The molecule has 0 radical (unpaired) electrons. The standard InChI is InChI=1S/C11H11F5O2S/c1-11(2,17)3-4-18-19-10-8(15)6(13)5(12)7(14)9(10)16/h17H,3-4H2,1-2H3. The van der Waals surface area contributed by atoms with Crippen molar-refractivity contribution >= 4 is 12.0 Å². The third-order valence-electron chi connectivity index (χ3n) is 2.11. The van der Waals surface area contributed by atoms with Crippen LogP contribution in [0.3, 0.4) is 0 Å². The molecular formula is C11H11F5O2S. The summed E-state index contributed by atoms with van der Waals surface area (Å²) >= 11 is 0.0436. The van der Waals surface area contributed by atoms with Gasteiger partial charge in [-0.05, 0) is 13.8 Å². The predicted molar refractivity (Wildman–Crippen MR) is 59.0 cm³/mol. The van der Waals surface area contributed by atoms with E-state index in [1.54, 1.807) is 0 Å². The van der Waals surface area contributed by atoms with Gasteiger partial charge in [-0.3, -0.25) is 0 Å². The molecule has 1 aromatic carbocycles. The Hall–Kier alpha value is -0.860. The first-order valence-corrected chi connectivity index (χ1v) is 5.92. The van der Waals surface area contributed by atoms with E-state index in [1.807, 2.05) is 0 Å². The number of halogens is 5. The first-order valence-electron chi connectivity index (χ1n) is 5.18. The Bertz CT molecular complexity index is 444. The molecule has 0 aromatic heterocycles. The summed E-state index contributed by atoms with van der Waals surface area (Å²) in [4.78, 5) is -1.10. The molecule has 1 aromatic rings. The van der Waals surface area contributed by atoms with Crippen LogP contribution in [0.15, 0.2) is 4.90 Å². The summed E-state index contributed by atoms with van der Waals surface area (Å²) in [5.41, 5.74) is -1.06. The van der Waals surface area contributed by atoms with Gasteiger partial charge in [0.1, 0.15) is 4.90 Å². The third kappa shape index (κ3) is 4.05. The smallest absolute Gasteiger partial charge is 0.200 e. The second-order valence-corrected chi connectivity index (χ2v) is 5.18. The fourth-order valence-electron chi connectivity index (χ4n) is 1.05. The summed E-state index contributed by atoms with van der Waals surface area (Å²) < 4.78 is 69.5. The fraction of sp³-hybridized carbons (Fsp3) is 0.455. The van der Waals surface area contributed by atoms with Crippen molar-refractivity contribution in [3.8, 4) is 0 Å². The average Bonchev–Trinajstić information content (AvgIpc) is 2.32. The average molecular weight is 302 g/mol. The first-order chi connectivity index (χ1) is 8.65. The van der Waals surface area contributed by atoms with E-state index in [9.17, 15) is 27.1 Å². The molecule has 0 aliphatic heterocycles. The molecule has 0 unspecified atom stereocenters. The number of hydrogen-bond acceptors (Lipinski definition) is 3. The highest BCUT2D eigenvalue weighted by molar-refractivity contribution is 7.94. The summed E-state index contributed by atoms with van der Waals surface area (Å²) in [7, 11) is 0. The normalized spacial score (nSPS) is 12.0. The van der Waals surface area contributed by atoms with Gasteiger partial charge in [0.15, 0.2) is 23.3 Å². The van der Waals surface area contributed by atoms with E-state index in [0.29, 0.717) is 0 Å². The van der Waals surface area contributed by atoms with Crippen molar-refractivity contribution < 1.29 is 31.2 Å². The summed E-state index contributed by atoms with van der Waals surface area (Å²) in [5, 5.41) is 9.34. The molecule has 0 saturated carbocycles. The van der Waals surface area contributed by atoms with Crippen molar-refractivity contribution in [3.63, 3.8) is 0 Å². The molecule has 2 nitrogen and oxygen atoms in total. The molecule has 0 spiro atoms. The molecule has 8 heteroatoms. The van der Waals surface area contributed by atoms with Gasteiger partial charge in [-0.25, -0.2) is 22.0 Å². The zero-order chi connectivity index (χ0) is 14.8. The largest absolute Gasteiger partial charge is 0.390 e. The van der Waals surface area contributed by atoms with Crippen LogP contribution in [0.25, 0.3) is 0 Å². The Labute approximate surface area is 110 Å². The summed E-state index contributed by atoms with van der Waals surface area (Å²) in [6.45, 7) is 2.85. The minimum Gasteiger partial charge on any atom is -0.390 e. The van der Waals surface area contributed by atoms with E-state index < -0.39 is 39.6 Å². The summed E-state index contributed by atoms with van der Waals surface area (Å²) in [6, 6.07) is 0. The molecule has 0 fully saturated rings. The SMILES string of the molecule is CC(C)(O)CCOSc1c(F)c(F)c(F)c(F)c1F. The molecule has 108 valence electrons. The van der Waals surface area contributed by atoms with Gasteiger partial charge in [-0.15, -0.1) is 0 Å². The second kappa shape index (κ2) is 6.06. The molecular weight excluding hydrogens is 291 g/mol. The molecule has 0 saturated heterocycles. The van der Waals surface area contributed by atoms with Gasteiger partial charge < -0.3 is 9.29 Å². The van der Waals surface area contributed by atoms with Crippen molar-refractivity contribution in [2.24, 2.45) is 0 Å². The number of rotatable bonds is 5. The van der Waals surface area contributed by atoms with Crippen LogP contribution in [0.1, 0.15) is 20.3 Å². The lowest BCUT2D eigenvalue weighted by atomic mass is 10.1. The Morgan fingerprint density at radius 1 is 0.947 bits per heavy atom. The van der Waals surface area contributed by atoms with Crippen molar-refractivity contribution in [2.45, 2.75) is 30.8 Å². The zero-order valence-corrected chi connectivity index (χ0v) is 10.9. The van der Waals surface area contributed by atoms with Gasteiger partial charge in [0.05, 0.1) is 12.2 Å². The van der Waals surface area contributed by atoms with Crippen LogP contribution in [0, 0.1) is 29.1 Å². The van der Waals surface area contributed by atoms with Gasteiger partial charge in [0.25, 0.3) is 0 Å². The molecule has 1 rings (SSSR count). The van der Waals surface area contributed by atoms with E-state index >= 15 is 0 Å². The van der Waals surface area contributed by atoms with Crippen LogP contribution in [0.2, 0.25) is 0 Å². The van der Waals surface area contributed by atoms with Crippen LogP contribution in [-0.2, 0) is 4.18 Å². The van der Waals surface area contributed by atoms with E-state index in [-0.39, 0.29) is 25.1 Å². The number of aliphatic hydroxyl groups is 1. The van der Waals surface area contributed by atoms with Crippen molar-refractivity contribution in [1.29, 1.82) is 0 Å². The van der Waals surface area contributed by atoms with E-state index in [1.165, 1.54) is 13.8 Å². The first kappa shape index (κ1) is 16.2. The van der Waals surface area contributed by atoms with E-state index in [0.717, 1.165) is 0 Å². The molecule has 0 heterocycles. The molecule has 0 amide bonds. The van der Waals surface area contributed by atoms with Crippen LogP contribution < -0.4 is 0 Å². The third-order valence-corrected chi connectivity index (χ3v) is 2.92. The molecule has 1 N–H and O–H groups in total. The Morgan fingerprint density at radius 2 is 1.37 bits per heavy atom. The van der Waals surface area contributed by atoms with Gasteiger partial charge >= 0.3 is 0 Å². The van der Waals surface area contributed by atoms with Crippen LogP contribution in [0.4, 0.5) is 22.0 Å². The van der Waals surface area contributed by atoms with E-state index in [2.05, 4.69) is 0 Å². The van der Waals surface area contributed by atoms with Crippen LogP contribution in [0.5, 0.6) is 0 Å². The second-order valence-electron chi connectivity index (χ2n) is 4.37. The lowest BCUT2D eigenvalue weighted by molar-refractivity contribution is 0.0582. The highest BCUT2D eigenvalue weighted by atomic mass is 32.2. The van der Waals surface area contributed by atoms with Gasteiger partial charge in [-0.1, -0.05) is 0 Å². The highest BCUT2D eigenvalue weighted by Crippen LogP contribution is 2.31. The van der Waals surface area contributed by atoms with Gasteiger partial charge in [0.2, 0.25) is 5.82 Å². The molecule has 0 aliphatic carbocycles. The Balaban J connectivity index is 2.80. The predicted octanol–water partition coefficient (Wildman–Crippen LogP) is 3.57. The number of hydrogen-bond donors (Lipinski definition) is 1. The summed E-state index contributed by atoms with van der Waals surface area (Å²) in [5.74, 6) is -10.1. The van der Waals surface area contributed by atoms with Crippen molar-refractivity contribution in [2.75, 3.05) is 6.61 Å². The maximum absolute atomic E-state index is 13.2. The molecule has 19 heavy (non-hydrogen) atoms. The lowest BCUT2D eigenvalue weighted by Crippen LogP contribution is -2.20. The fourth-order valence-corrected chi connectivity index (χ4v) is 1.66. The lowest BCUT2D eigenvalue weighted by Gasteiger charge is -2.16. The van der Waals surface area contributed by atoms with Crippen molar-refractivity contribution in [1.82, 2.24) is 0 Å². The topological polar surface area (TPSA) is 29.5 Å². The minimum atomic E-state index is -2.21. The monoisotopic (exact) mass is 302 g/mol. The van der Waals surface area contributed by atoms with E-state index in [4.69, 9.17) is 4.18 Å². The Morgan fingerprint density at radius 3 is 1.79 bits per heavy atom. The van der Waals surface area contributed by atoms with Crippen LogP contribution in [-0.4, -0.2) is 17.3 Å². The van der Waals surface area contributed by atoms with Crippen molar-refractivity contribution in [3.05, 3.63) is 29.1 Å². The molecule has 0 bridgehead atoms. The maximum atomic E-state index is 13.2. The van der Waals surface area contributed by atoms with Gasteiger partial charge in [0, 0.05) is 18.5 Å². The number of benzene rings is 1. The highest BCUT2D eigenvalue weighted by Gasteiger charge is 2.26. The molecule has 0 aliphatic rings. The van der Waals surface area contributed by atoms with Gasteiger partial charge in [-0.2, -0.15) is 0 Å². The quantitative estimate of drug-likeness (QED) is 0.296. The summed E-state index contributed by atoms with van der Waals surface area (Å²) in [6.07, 6.45) is 0.134. The minimum absolute atomic E-state index is 0.0436. The van der Waals surface area contributed by atoms with Crippen LogP contribution >= 0.6 is 12.0 Å².